The van der Waals surface area contributed by atoms with Gasteiger partial charge in [0.15, 0.2) is 0 Å². The molecule has 0 radical (unpaired) electrons. The van der Waals surface area contributed by atoms with Crippen molar-refractivity contribution in [1.29, 1.82) is 0 Å². The van der Waals surface area contributed by atoms with Gasteiger partial charge in [-0.15, -0.1) is 90.0 Å². The molecular formula is C114H134Cl2N18O6. The fourth-order valence-electron chi connectivity index (χ4n) is 16.6. The van der Waals surface area contributed by atoms with E-state index in [-0.39, 0.29) is 73.1 Å². The Balaban J connectivity index is 0.000000146. The van der Waals surface area contributed by atoms with E-state index in [0.29, 0.717) is 72.1 Å². The Labute approximate surface area is 831 Å². The number of hydrogen-bond donors (Lipinski definition) is 6. The zero-order valence-corrected chi connectivity index (χ0v) is 86.7. The maximum absolute atomic E-state index is 11.9. The Morgan fingerprint density at radius 3 is 0.886 bits per heavy atom. The van der Waals surface area contributed by atoms with Crippen molar-refractivity contribution in [1.82, 2.24) is 90.0 Å². The van der Waals surface area contributed by atoms with Gasteiger partial charge in [-0.25, -0.2) is 0 Å². The number of nitrogens with zero attached hydrogens (tertiary/aromatic N) is 18. The molecule has 12 aromatic carbocycles. The second kappa shape index (κ2) is 41.5. The minimum Gasteiger partial charge on any atom is -0.506 e. The minimum absolute atomic E-state index is 0.0572. The van der Waals surface area contributed by atoms with Gasteiger partial charge in [0.05, 0.1) is 0 Å². The van der Waals surface area contributed by atoms with E-state index in [1.165, 1.54) is 81.8 Å². The number of hydrogen-bond acceptors (Lipinski definition) is 18. The van der Waals surface area contributed by atoms with Crippen LogP contribution in [-0.4, -0.2) is 121 Å². The Morgan fingerprint density at radius 1 is 0.250 bits per heavy atom. The topological polar surface area (TPSA) is 306 Å². The van der Waals surface area contributed by atoms with E-state index in [0.717, 1.165) is 118 Å². The monoisotopic (exact) mass is 1920 g/mol. The van der Waals surface area contributed by atoms with Gasteiger partial charge in [0.25, 0.3) is 0 Å². The Kier molecular flexibility index (Phi) is 30.3. The van der Waals surface area contributed by atoms with E-state index in [4.69, 9.17) is 43.6 Å². The first-order valence-electron chi connectivity index (χ1n) is 48.5. The second-order valence-corrected chi connectivity index (χ2v) is 44.0. The maximum Gasteiger partial charge on any atom is 0.146 e. The number of aromatic nitrogens is 18. The van der Waals surface area contributed by atoms with Crippen LogP contribution in [0.15, 0.2) is 212 Å². The van der Waals surface area contributed by atoms with Crippen LogP contribution in [0.3, 0.4) is 0 Å². The zero-order chi connectivity index (χ0) is 101. The predicted molar refractivity (Wildman–Crippen MR) is 567 cm³/mol. The smallest absolute Gasteiger partial charge is 0.146 e. The van der Waals surface area contributed by atoms with Gasteiger partial charge in [-0.05, 0) is 238 Å². The van der Waals surface area contributed by atoms with Crippen LogP contribution in [0.5, 0.6) is 34.5 Å². The van der Waals surface area contributed by atoms with Crippen molar-refractivity contribution < 1.29 is 30.6 Å². The van der Waals surface area contributed by atoms with Crippen LogP contribution in [0.4, 0.5) is 0 Å². The predicted octanol–water partition coefficient (Wildman–Crippen LogP) is 27.9. The molecule has 0 saturated carbocycles. The normalized spacial score (nSPS) is 12.3. The number of aryl methyl sites for hydroxylation is 4. The van der Waals surface area contributed by atoms with E-state index in [1.54, 1.807) is 35.1 Å². The first-order chi connectivity index (χ1) is 66.0. The van der Waals surface area contributed by atoms with Crippen LogP contribution in [0.25, 0.3) is 100 Å². The summed E-state index contributed by atoms with van der Waals surface area (Å²) in [6.45, 7) is 49.4. The highest BCUT2D eigenvalue weighted by molar-refractivity contribution is 6.31. The SMILES string of the molecule is CC(C)(C)C(C)(C)c1cc(Cc2cc(C(C)(C)C(C)(C)C)cc(-n3nc4ccccc4n3)c2O)c(O)c(-n2nc3ccccc3n2)c1.CC(C)(C)c1cc(-n2nc3ccc(Cl)cc3n2)c(O)c(C(C)(C)C)c1.CCCCCCCCCCCCc1cc(C)cc(-n2nc3ccccc3n2)c1O.Cc1cc(-n2nc3ccc(Cl)cc3n2)c(O)c(C(C)(C)C)c1.Cc1ccc(O)c(-n2nc3ccccc3n2)c1. The van der Waals surface area contributed by atoms with Crippen molar-refractivity contribution in [2.45, 2.75) is 263 Å². The van der Waals surface area contributed by atoms with Crippen molar-refractivity contribution in [3.8, 4) is 68.6 Å². The molecule has 0 saturated heterocycles. The molecular weight excluding hydrogens is 1790 g/mol. The molecule has 140 heavy (non-hydrogen) atoms. The van der Waals surface area contributed by atoms with Gasteiger partial charge in [-0.2, -0.15) is 0 Å². The molecule has 0 fully saturated rings. The number of aromatic hydroxyl groups is 6. The number of halogens is 2. The Hall–Kier alpha value is -13.6. The Morgan fingerprint density at radius 2 is 0.536 bits per heavy atom. The standard InChI is InChI=1S/C39H46N6O2.C25H35N3O.C20H24ClN3O.C17H18ClN3O.C13H11N3O/c1-36(2,3)38(7,8)26-20-24(34(46)32(22-26)44-40-28-15-11-12-16-29(28)41-44)19-25-21-27(39(9,10)37(4,5)6)23-33(35(25)47)45-42-30-17-13-14-18-31(30)43-45;1-3-4-5-6-7-8-9-10-11-12-15-21-18-20(2)19-24(25(21)29)28-26-22-16-13-14-17-23(22)27-28;1-19(2,3)12-9-14(20(4,5)6)18(25)17(10-12)24-22-15-8-7-13(21)11-16(15)23-24;1-10-7-12(17(2,3)4)16(22)15(8-10)21-19-13-6-5-11(18)9-14(13)20-21;1-9-6-7-13(17)12(8-9)16-14-10-4-2-3-5-11(10)15-16/h11-18,20-23,46-47H,19H2,1-10H3;13-14,16-19,29H,3-12,15H2,1-2H3;7-11,25H,1-6H3;5-9,22H,1-4H3;2-8,17H,1H3. The quantitative estimate of drug-likeness (QED) is 0.0364. The van der Waals surface area contributed by atoms with Gasteiger partial charge in [-0.3, -0.25) is 0 Å². The van der Waals surface area contributed by atoms with Crippen molar-refractivity contribution in [3.63, 3.8) is 0 Å². The van der Waals surface area contributed by atoms with E-state index < -0.39 is 0 Å². The average Bonchev–Trinajstić information content (AvgIpc) is 1.27. The lowest BCUT2D eigenvalue weighted by Crippen LogP contribution is -2.34. The van der Waals surface area contributed by atoms with Crippen molar-refractivity contribution in [2.24, 2.45) is 10.8 Å². The molecule has 0 spiro atoms. The van der Waals surface area contributed by atoms with Crippen LogP contribution in [-0.2, 0) is 39.9 Å². The highest BCUT2D eigenvalue weighted by Crippen LogP contribution is 2.49. The van der Waals surface area contributed by atoms with Crippen LogP contribution in [0.2, 0.25) is 10.0 Å². The molecule has 730 valence electrons. The Bertz CT molecular complexity index is 7200. The highest BCUT2D eigenvalue weighted by Gasteiger charge is 2.39. The number of phenols is 6. The summed E-state index contributed by atoms with van der Waals surface area (Å²) in [5, 5.41) is 122. The summed E-state index contributed by atoms with van der Waals surface area (Å²) in [5.41, 5.74) is 22.0. The molecule has 24 nitrogen and oxygen atoms in total. The highest BCUT2D eigenvalue weighted by atomic mass is 35.5. The molecule has 6 N–H and O–H groups in total. The first-order valence-corrected chi connectivity index (χ1v) is 49.2. The van der Waals surface area contributed by atoms with Crippen molar-refractivity contribution in [3.05, 3.63) is 284 Å². The van der Waals surface area contributed by atoms with Gasteiger partial charge < -0.3 is 30.6 Å². The lowest BCUT2D eigenvalue weighted by atomic mass is 9.64. The summed E-state index contributed by atoms with van der Waals surface area (Å²) < 4.78 is 0. The molecule has 0 amide bonds. The van der Waals surface area contributed by atoms with E-state index in [1.807, 2.05) is 172 Å². The van der Waals surface area contributed by atoms with Crippen molar-refractivity contribution in [2.75, 3.05) is 0 Å². The summed E-state index contributed by atoms with van der Waals surface area (Å²) in [4.78, 5) is 9.05. The molecule has 0 atom stereocenters. The first kappa shape index (κ1) is 102. The number of fused-ring (bicyclic) bond motifs is 6. The van der Waals surface area contributed by atoms with E-state index in [2.05, 4.69) is 210 Å². The van der Waals surface area contributed by atoms with E-state index >= 15 is 0 Å². The van der Waals surface area contributed by atoms with Crippen molar-refractivity contribution >= 4 is 89.4 Å². The minimum atomic E-state index is -0.279. The molecule has 0 aliphatic rings. The lowest BCUT2D eigenvalue weighted by Gasteiger charge is -2.40. The van der Waals surface area contributed by atoms with Crippen LogP contribution < -0.4 is 0 Å². The van der Waals surface area contributed by atoms with Gasteiger partial charge in [0.1, 0.15) is 135 Å². The molecule has 0 aliphatic carbocycles. The number of rotatable bonds is 21. The maximum atomic E-state index is 11.9. The van der Waals surface area contributed by atoms with Gasteiger partial charge in [0, 0.05) is 38.7 Å². The largest absolute Gasteiger partial charge is 0.506 e. The van der Waals surface area contributed by atoms with Gasteiger partial charge in [-0.1, -0.05) is 304 Å². The summed E-state index contributed by atoms with van der Waals surface area (Å²) in [5.74, 6) is 1.06. The second-order valence-electron chi connectivity index (χ2n) is 43.1. The third-order valence-electron chi connectivity index (χ3n) is 27.1. The fourth-order valence-corrected chi connectivity index (χ4v) is 16.9. The summed E-state index contributed by atoms with van der Waals surface area (Å²) >= 11 is 12.0. The molecule has 18 aromatic rings. The van der Waals surface area contributed by atoms with Crippen LogP contribution in [0.1, 0.15) is 264 Å². The third kappa shape index (κ3) is 23.3. The number of phenolic OH excluding ortho intramolecular Hbond substituents is 6. The summed E-state index contributed by atoms with van der Waals surface area (Å²) in [6, 6.07) is 66.9. The van der Waals surface area contributed by atoms with Crippen LogP contribution >= 0.6 is 23.2 Å². The number of unbranched alkanes of at least 4 members (excludes halogenated alkanes) is 9. The fraction of sp³-hybridized carbons (Fsp3) is 0.368. The summed E-state index contributed by atoms with van der Waals surface area (Å²) in [6.07, 6.45) is 14.4. The molecule has 6 heterocycles. The van der Waals surface area contributed by atoms with Gasteiger partial charge >= 0.3 is 0 Å². The molecule has 0 aliphatic heterocycles. The lowest BCUT2D eigenvalue weighted by molar-refractivity contribution is 0.225. The molecule has 0 unspecified atom stereocenters. The molecule has 6 aromatic heterocycles. The zero-order valence-electron chi connectivity index (χ0n) is 85.2. The molecule has 18 rings (SSSR count). The molecule has 0 bridgehead atoms. The summed E-state index contributed by atoms with van der Waals surface area (Å²) in [7, 11) is 0. The average molecular weight is 1920 g/mol. The van der Waals surface area contributed by atoms with Gasteiger partial charge in [0.2, 0.25) is 0 Å². The van der Waals surface area contributed by atoms with E-state index in [9.17, 15) is 30.6 Å². The van der Waals surface area contributed by atoms with Crippen LogP contribution in [0, 0.1) is 31.6 Å². The molecule has 26 heteroatoms. The third-order valence-corrected chi connectivity index (χ3v) is 27.6. The number of benzene rings is 12.